The normalized spacial score (nSPS) is 10.1. The van der Waals surface area contributed by atoms with Crippen LogP contribution in [0.1, 0.15) is 21.5 Å². The summed E-state index contributed by atoms with van der Waals surface area (Å²) in [4.78, 5) is 23.2. The van der Waals surface area contributed by atoms with E-state index in [-0.39, 0.29) is 17.9 Å². The maximum absolute atomic E-state index is 12.0. The maximum Gasteiger partial charge on any atom is 0.337 e. The standard InChI is InChI=1S/C16H16N2O3/c1-10-2-7-14(13(8-10)16(20)21)18-15(19)9-11-3-5-12(17)6-4-11/h2-8H,9,17H2,1H3,(H,18,19)(H,20,21). The molecule has 0 atom stereocenters. The summed E-state index contributed by atoms with van der Waals surface area (Å²) in [6.45, 7) is 1.80. The fraction of sp³-hybridized carbons (Fsp3) is 0.125. The number of hydrogen-bond donors (Lipinski definition) is 3. The topological polar surface area (TPSA) is 92.4 Å². The van der Waals surface area contributed by atoms with Crippen LogP contribution in [0.25, 0.3) is 0 Å². The second-order valence-corrected chi connectivity index (χ2v) is 4.82. The lowest BCUT2D eigenvalue weighted by Crippen LogP contribution is -2.17. The van der Waals surface area contributed by atoms with Crippen LogP contribution in [0.4, 0.5) is 11.4 Å². The summed E-state index contributed by atoms with van der Waals surface area (Å²) in [5, 5.41) is 11.8. The van der Waals surface area contributed by atoms with Crippen LogP contribution in [-0.2, 0) is 11.2 Å². The van der Waals surface area contributed by atoms with Gasteiger partial charge in [0, 0.05) is 5.69 Å². The van der Waals surface area contributed by atoms with Crippen molar-refractivity contribution in [3.8, 4) is 0 Å². The number of carbonyl (C=O) groups is 2. The highest BCUT2D eigenvalue weighted by molar-refractivity contribution is 6.01. The van der Waals surface area contributed by atoms with E-state index < -0.39 is 5.97 Å². The molecule has 0 aliphatic rings. The van der Waals surface area contributed by atoms with Crippen LogP contribution in [0, 0.1) is 6.92 Å². The third-order valence-electron chi connectivity index (χ3n) is 3.02. The van der Waals surface area contributed by atoms with E-state index in [0.29, 0.717) is 11.4 Å². The van der Waals surface area contributed by atoms with E-state index in [1.165, 1.54) is 6.07 Å². The molecule has 0 spiro atoms. The minimum atomic E-state index is -1.07. The Morgan fingerprint density at radius 2 is 1.81 bits per heavy atom. The number of nitrogens with two attached hydrogens (primary N) is 1. The third kappa shape index (κ3) is 3.82. The number of aromatic carboxylic acids is 1. The Kier molecular flexibility index (Phi) is 4.23. The van der Waals surface area contributed by atoms with Gasteiger partial charge < -0.3 is 16.2 Å². The molecule has 2 aromatic rings. The van der Waals surface area contributed by atoms with Gasteiger partial charge in [0.2, 0.25) is 5.91 Å². The lowest BCUT2D eigenvalue weighted by molar-refractivity contribution is -0.115. The van der Waals surface area contributed by atoms with Crippen molar-refractivity contribution >= 4 is 23.3 Å². The van der Waals surface area contributed by atoms with E-state index in [0.717, 1.165) is 11.1 Å². The molecule has 2 rings (SSSR count). The number of carboxylic acids is 1. The molecule has 2 aromatic carbocycles. The first kappa shape index (κ1) is 14.6. The van der Waals surface area contributed by atoms with Gasteiger partial charge in [-0.2, -0.15) is 0 Å². The molecule has 0 fully saturated rings. The SMILES string of the molecule is Cc1ccc(NC(=O)Cc2ccc(N)cc2)c(C(=O)O)c1. The summed E-state index contributed by atoms with van der Waals surface area (Å²) in [6, 6.07) is 11.9. The molecule has 0 unspecified atom stereocenters. The summed E-state index contributed by atoms with van der Waals surface area (Å²) in [5.74, 6) is -1.34. The van der Waals surface area contributed by atoms with E-state index in [4.69, 9.17) is 10.8 Å². The Morgan fingerprint density at radius 3 is 2.43 bits per heavy atom. The Labute approximate surface area is 122 Å². The highest BCUT2D eigenvalue weighted by Crippen LogP contribution is 2.18. The van der Waals surface area contributed by atoms with Gasteiger partial charge in [-0.15, -0.1) is 0 Å². The number of nitrogens with one attached hydrogen (secondary N) is 1. The van der Waals surface area contributed by atoms with Gasteiger partial charge in [-0.1, -0.05) is 23.8 Å². The summed E-state index contributed by atoms with van der Waals surface area (Å²) in [7, 11) is 0. The molecule has 0 saturated carbocycles. The first-order valence-electron chi connectivity index (χ1n) is 6.44. The zero-order valence-corrected chi connectivity index (χ0v) is 11.6. The predicted octanol–water partition coefficient (Wildman–Crippen LogP) is 2.46. The van der Waals surface area contributed by atoms with E-state index in [9.17, 15) is 9.59 Å². The molecule has 4 N–H and O–H groups in total. The monoisotopic (exact) mass is 284 g/mol. The lowest BCUT2D eigenvalue weighted by atomic mass is 10.1. The predicted molar refractivity (Wildman–Crippen MR) is 81.3 cm³/mol. The third-order valence-corrected chi connectivity index (χ3v) is 3.02. The Morgan fingerprint density at radius 1 is 1.14 bits per heavy atom. The largest absolute Gasteiger partial charge is 0.478 e. The molecule has 1 amide bonds. The summed E-state index contributed by atoms with van der Waals surface area (Å²) in [5.41, 5.74) is 8.23. The van der Waals surface area contributed by atoms with Gasteiger partial charge in [0.25, 0.3) is 0 Å². The average Bonchev–Trinajstić information content (AvgIpc) is 2.43. The van der Waals surface area contributed by atoms with Gasteiger partial charge in [0.05, 0.1) is 17.7 Å². The average molecular weight is 284 g/mol. The molecule has 108 valence electrons. The molecule has 0 bridgehead atoms. The summed E-state index contributed by atoms with van der Waals surface area (Å²) in [6.07, 6.45) is 0.160. The molecule has 0 saturated heterocycles. The number of nitrogen functional groups attached to an aromatic ring is 1. The highest BCUT2D eigenvalue weighted by atomic mass is 16.4. The number of hydrogen-bond acceptors (Lipinski definition) is 3. The fourth-order valence-corrected chi connectivity index (χ4v) is 1.96. The molecule has 0 aliphatic heterocycles. The quantitative estimate of drug-likeness (QED) is 0.752. The Bertz CT molecular complexity index is 678. The van der Waals surface area contributed by atoms with E-state index in [2.05, 4.69) is 5.32 Å². The summed E-state index contributed by atoms with van der Waals surface area (Å²) >= 11 is 0. The molecule has 0 aliphatic carbocycles. The molecule has 5 heteroatoms. The molecule has 0 radical (unpaired) electrons. The highest BCUT2D eigenvalue weighted by Gasteiger charge is 2.13. The van der Waals surface area contributed by atoms with Gasteiger partial charge in [-0.05, 0) is 36.8 Å². The van der Waals surface area contributed by atoms with E-state index >= 15 is 0 Å². The van der Waals surface area contributed by atoms with Crippen molar-refractivity contribution in [2.24, 2.45) is 0 Å². The number of carbonyl (C=O) groups excluding carboxylic acids is 1. The number of anilines is 2. The minimum Gasteiger partial charge on any atom is -0.478 e. The van der Waals surface area contributed by atoms with Crippen molar-refractivity contribution in [1.82, 2.24) is 0 Å². The molecular formula is C16H16N2O3. The number of aryl methyl sites for hydroxylation is 1. The zero-order valence-electron chi connectivity index (χ0n) is 11.6. The number of carboxylic acid groups (broad SMARTS) is 1. The Hall–Kier alpha value is -2.82. The number of benzene rings is 2. The van der Waals surface area contributed by atoms with Gasteiger partial charge in [-0.3, -0.25) is 4.79 Å². The van der Waals surface area contributed by atoms with Crippen molar-refractivity contribution in [3.05, 3.63) is 59.2 Å². The van der Waals surface area contributed by atoms with Crippen molar-refractivity contribution < 1.29 is 14.7 Å². The molecule has 0 aromatic heterocycles. The van der Waals surface area contributed by atoms with Crippen molar-refractivity contribution in [2.45, 2.75) is 13.3 Å². The zero-order chi connectivity index (χ0) is 15.4. The molecule has 0 heterocycles. The van der Waals surface area contributed by atoms with Crippen LogP contribution in [0.2, 0.25) is 0 Å². The summed E-state index contributed by atoms with van der Waals surface area (Å²) < 4.78 is 0. The fourth-order valence-electron chi connectivity index (χ4n) is 1.96. The first-order valence-corrected chi connectivity index (χ1v) is 6.44. The van der Waals surface area contributed by atoms with Crippen LogP contribution in [0.15, 0.2) is 42.5 Å². The number of rotatable bonds is 4. The number of amides is 1. The first-order chi connectivity index (χ1) is 9.95. The van der Waals surface area contributed by atoms with Crippen LogP contribution in [-0.4, -0.2) is 17.0 Å². The molecule has 5 nitrogen and oxygen atoms in total. The smallest absolute Gasteiger partial charge is 0.337 e. The van der Waals surface area contributed by atoms with Crippen LogP contribution >= 0.6 is 0 Å². The molecular weight excluding hydrogens is 268 g/mol. The second-order valence-electron chi connectivity index (χ2n) is 4.82. The van der Waals surface area contributed by atoms with Gasteiger partial charge in [-0.25, -0.2) is 4.79 Å². The van der Waals surface area contributed by atoms with Crippen LogP contribution in [0.3, 0.4) is 0 Å². The van der Waals surface area contributed by atoms with Crippen LogP contribution in [0.5, 0.6) is 0 Å². The van der Waals surface area contributed by atoms with Crippen LogP contribution < -0.4 is 11.1 Å². The van der Waals surface area contributed by atoms with Crippen molar-refractivity contribution in [2.75, 3.05) is 11.1 Å². The van der Waals surface area contributed by atoms with E-state index in [1.807, 2.05) is 0 Å². The van der Waals surface area contributed by atoms with Crippen molar-refractivity contribution in [1.29, 1.82) is 0 Å². The van der Waals surface area contributed by atoms with Crippen molar-refractivity contribution in [3.63, 3.8) is 0 Å². The van der Waals surface area contributed by atoms with Gasteiger partial charge in [0.15, 0.2) is 0 Å². The van der Waals surface area contributed by atoms with Gasteiger partial charge in [0.1, 0.15) is 0 Å². The maximum atomic E-state index is 12.0. The lowest BCUT2D eigenvalue weighted by Gasteiger charge is -2.09. The Balaban J connectivity index is 2.12. The van der Waals surface area contributed by atoms with Gasteiger partial charge >= 0.3 is 5.97 Å². The molecule has 21 heavy (non-hydrogen) atoms. The minimum absolute atomic E-state index is 0.0839. The second kappa shape index (κ2) is 6.09. The van der Waals surface area contributed by atoms with E-state index in [1.54, 1.807) is 43.3 Å².